The van der Waals surface area contributed by atoms with E-state index in [1.54, 1.807) is 0 Å². The molecule has 1 aliphatic rings. The van der Waals surface area contributed by atoms with E-state index in [-0.39, 0.29) is 0 Å². The van der Waals surface area contributed by atoms with E-state index in [0.29, 0.717) is 5.92 Å². The van der Waals surface area contributed by atoms with Crippen molar-refractivity contribution in [1.82, 2.24) is 9.47 Å². The third-order valence-electron chi connectivity index (χ3n) is 5.90. The van der Waals surface area contributed by atoms with Crippen LogP contribution in [0.1, 0.15) is 41.6 Å². The van der Waals surface area contributed by atoms with Gasteiger partial charge in [0.25, 0.3) is 0 Å². The van der Waals surface area contributed by atoms with Gasteiger partial charge in [0.15, 0.2) is 0 Å². The van der Waals surface area contributed by atoms with Crippen molar-refractivity contribution in [3.05, 3.63) is 70.9 Å². The number of likely N-dealkylation sites (N-methyl/N-ethyl adjacent to an activating group) is 1. The summed E-state index contributed by atoms with van der Waals surface area (Å²) in [6.07, 6.45) is 0.720. The van der Waals surface area contributed by atoms with Gasteiger partial charge in [-0.05, 0) is 50.6 Å². The average molecular weight is 348 g/mol. The molecule has 0 saturated heterocycles. The number of fused-ring (bicyclic) bond motifs is 3. The lowest BCUT2D eigenvalue weighted by molar-refractivity contribution is 0.0335. The first-order chi connectivity index (χ1) is 12.4. The van der Waals surface area contributed by atoms with Crippen molar-refractivity contribution in [1.29, 1.82) is 0 Å². The van der Waals surface area contributed by atoms with Crippen molar-refractivity contribution >= 4 is 10.9 Å². The molecular formula is C23H28N2O. The first-order valence-electron chi connectivity index (χ1n) is 9.41. The number of hydrogen-bond donors (Lipinski definition) is 1. The number of aryl methyl sites for hydroxylation is 2. The minimum absolute atomic E-state index is 0.302. The zero-order valence-corrected chi connectivity index (χ0v) is 16.2. The summed E-state index contributed by atoms with van der Waals surface area (Å²) in [6.45, 7) is 6.05. The summed E-state index contributed by atoms with van der Waals surface area (Å²) in [5.41, 5.74) is 5.55. The van der Waals surface area contributed by atoms with Crippen LogP contribution in [0, 0.1) is 6.92 Å². The zero-order valence-electron chi connectivity index (χ0n) is 16.2. The van der Waals surface area contributed by atoms with E-state index in [0.717, 1.165) is 25.1 Å². The Kier molecular flexibility index (Phi) is 4.17. The van der Waals surface area contributed by atoms with E-state index in [4.69, 9.17) is 0 Å². The largest absolute Gasteiger partial charge is 0.385 e. The number of aromatic nitrogens is 1. The van der Waals surface area contributed by atoms with Crippen molar-refractivity contribution in [3.8, 4) is 0 Å². The Hall–Kier alpha value is -2.10. The van der Waals surface area contributed by atoms with Crippen molar-refractivity contribution in [2.24, 2.45) is 7.05 Å². The normalized spacial score (nSPS) is 20.1. The second-order valence-corrected chi connectivity index (χ2v) is 8.18. The van der Waals surface area contributed by atoms with Crippen LogP contribution in [0.5, 0.6) is 0 Å². The second-order valence-electron chi connectivity index (χ2n) is 8.18. The molecule has 3 aromatic rings. The van der Waals surface area contributed by atoms with Crippen LogP contribution >= 0.6 is 0 Å². The van der Waals surface area contributed by atoms with Crippen molar-refractivity contribution < 1.29 is 5.11 Å². The van der Waals surface area contributed by atoms with E-state index in [2.05, 4.69) is 48.7 Å². The third kappa shape index (κ3) is 2.85. The zero-order chi connectivity index (χ0) is 18.5. The van der Waals surface area contributed by atoms with Gasteiger partial charge in [0, 0.05) is 42.7 Å². The first-order valence-corrected chi connectivity index (χ1v) is 9.41. The van der Waals surface area contributed by atoms with Gasteiger partial charge in [-0.15, -0.1) is 0 Å². The molecule has 1 aromatic heterocycles. The molecule has 0 spiro atoms. The minimum Gasteiger partial charge on any atom is -0.385 e. The maximum atomic E-state index is 11.2. The van der Waals surface area contributed by atoms with Gasteiger partial charge in [-0.2, -0.15) is 0 Å². The van der Waals surface area contributed by atoms with Crippen LogP contribution in [0.25, 0.3) is 10.9 Å². The van der Waals surface area contributed by atoms with Gasteiger partial charge in [0.1, 0.15) is 0 Å². The molecule has 3 heteroatoms. The molecule has 26 heavy (non-hydrogen) atoms. The summed E-state index contributed by atoms with van der Waals surface area (Å²) >= 11 is 0. The Bertz CT molecular complexity index is 940. The lowest BCUT2D eigenvalue weighted by Crippen LogP contribution is -2.35. The van der Waals surface area contributed by atoms with E-state index in [1.165, 1.54) is 27.7 Å². The summed E-state index contributed by atoms with van der Waals surface area (Å²) in [7, 11) is 4.36. The molecule has 0 radical (unpaired) electrons. The maximum absolute atomic E-state index is 11.2. The molecule has 4 rings (SSSR count). The van der Waals surface area contributed by atoms with Crippen LogP contribution in [-0.2, 0) is 19.2 Å². The Balaban J connectivity index is 1.79. The lowest BCUT2D eigenvalue weighted by atomic mass is 9.82. The van der Waals surface area contributed by atoms with Crippen LogP contribution in [0.15, 0.2) is 48.5 Å². The van der Waals surface area contributed by atoms with Gasteiger partial charge in [-0.1, -0.05) is 42.0 Å². The molecule has 1 aliphatic heterocycles. The number of nitrogens with zero attached hydrogens (tertiary/aromatic N) is 2. The van der Waals surface area contributed by atoms with Gasteiger partial charge >= 0.3 is 0 Å². The molecule has 2 atom stereocenters. The molecule has 0 amide bonds. The molecule has 1 N–H and O–H groups in total. The van der Waals surface area contributed by atoms with Gasteiger partial charge in [0.2, 0.25) is 0 Å². The SMILES string of the molecule is Cc1ccc2c(c1)c1c(n2C)C(CC(C)(O)c2ccccc2)CN(C)C1. The smallest absolute Gasteiger partial charge is 0.0875 e. The topological polar surface area (TPSA) is 28.4 Å². The van der Waals surface area contributed by atoms with Crippen molar-refractivity contribution in [2.75, 3.05) is 13.6 Å². The van der Waals surface area contributed by atoms with Crippen LogP contribution in [0.3, 0.4) is 0 Å². The first kappa shape index (κ1) is 17.3. The Labute approximate surface area is 155 Å². The number of hydrogen-bond acceptors (Lipinski definition) is 2. The molecule has 136 valence electrons. The molecule has 2 unspecified atom stereocenters. The van der Waals surface area contributed by atoms with Crippen LogP contribution in [0.2, 0.25) is 0 Å². The van der Waals surface area contributed by atoms with E-state index in [1.807, 2.05) is 37.3 Å². The van der Waals surface area contributed by atoms with E-state index >= 15 is 0 Å². The average Bonchev–Trinajstić information content (AvgIpc) is 2.87. The monoisotopic (exact) mass is 348 g/mol. The molecule has 0 bridgehead atoms. The highest BCUT2D eigenvalue weighted by molar-refractivity contribution is 5.86. The molecule has 0 saturated carbocycles. The van der Waals surface area contributed by atoms with Crippen LogP contribution < -0.4 is 0 Å². The highest BCUT2D eigenvalue weighted by atomic mass is 16.3. The Morgan fingerprint density at radius 1 is 1.12 bits per heavy atom. The highest BCUT2D eigenvalue weighted by Gasteiger charge is 2.35. The summed E-state index contributed by atoms with van der Waals surface area (Å²) < 4.78 is 2.35. The quantitative estimate of drug-likeness (QED) is 0.764. The Morgan fingerprint density at radius 3 is 2.58 bits per heavy atom. The van der Waals surface area contributed by atoms with Crippen molar-refractivity contribution in [2.45, 2.75) is 38.3 Å². The molecule has 0 fully saturated rings. The lowest BCUT2D eigenvalue weighted by Gasteiger charge is -2.36. The predicted octanol–water partition coefficient (Wildman–Crippen LogP) is 4.31. The summed E-state index contributed by atoms with van der Waals surface area (Å²) in [4.78, 5) is 2.38. The summed E-state index contributed by atoms with van der Waals surface area (Å²) in [5.74, 6) is 0.302. The Morgan fingerprint density at radius 2 is 1.85 bits per heavy atom. The van der Waals surface area contributed by atoms with Gasteiger partial charge in [0.05, 0.1) is 5.60 Å². The fourth-order valence-corrected chi connectivity index (χ4v) is 4.69. The number of aliphatic hydroxyl groups is 1. The van der Waals surface area contributed by atoms with Gasteiger partial charge in [-0.3, -0.25) is 0 Å². The molecule has 0 aliphatic carbocycles. The number of benzene rings is 2. The molecular weight excluding hydrogens is 320 g/mol. The summed E-state index contributed by atoms with van der Waals surface area (Å²) in [6, 6.07) is 16.8. The molecule has 2 aromatic carbocycles. The summed E-state index contributed by atoms with van der Waals surface area (Å²) in [5, 5.41) is 12.6. The standard InChI is InChI=1S/C23H28N2O/c1-16-10-11-21-19(12-16)20-15-24(3)14-17(22(20)25(21)4)13-23(2,26)18-8-6-5-7-9-18/h5-12,17,26H,13-15H2,1-4H3. The van der Waals surface area contributed by atoms with E-state index in [9.17, 15) is 5.11 Å². The van der Waals surface area contributed by atoms with Crippen LogP contribution in [-0.4, -0.2) is 28.2 Å². The number of rotatable bonds is 3. The third-order valence-corrected chi connectivity index (χ3v) is 5.90. The predicted molar refractivity (Wildman–Crippen MR) is 107 cm³/mol. The van der Waals surface area contributed by atoms with Crippen LogP contribution in [0.4, 0.5) is 0 Å². The minimum atomic E-state index is -0.840. The maximum Gasteiger partial charge on any atom is 0.0875 e. The molecule has 2 heterocycles. The van der Waals surface area contributed by atoms with Crippen molar-refractivity contribution in [3.63, 3.8) is 0 Å². The van der Waals surface area contributed by atoms with Gasteiger partial charge < -0.3 is 14.6 Å². The fourth-order valence-electron chi connectivity index (χ4n) is 4.69. The highest BCUT2D eigenvalue weighted by Crippen LogP contribution is 2.41. The van der Waals surface area contributed by atoms with E-state index < -0.39 is 5.60 Å². The molecule has 3 nitrogen and oxygen atoms in total. The van der Waals surface area contributed by atoms with Gasteiger partial charge in [-0.25, -0.2) is 0 Å². The second kappa shape index (κ2) is 6.26. The fraction of sp³-hybridized carbons (Fsp3) is 0.391.